The van der Waals surface area contributed by atoms with Crippen molar-refractivity contribution in [3.63, 3.8) is 0 Å². The smallest absolute Gasteiger partial charge is 0.407 e. The minimum absolute atomic E-state index is 0.0748. The van der Waals surface area contributed by atoms with Gasteiger partial charge in [0.25, 0.3) is 0 Å². The van der Waals surface area contributed by atoms with Gasteiger partial charge in [0, 0.05) is 12.1 Å². The molecule has 0 aliphatic heterocycles. The molecule has 1 rings (SSSR count). The fourth-order valence-corrected chi connectivity index (χ4v) is 1.41. The van der Waals surface area contributed by atoms with Crippen molar-refractivity contribution in [1.29, 1.82) is 0 Å². The maximum Gasteiger partial charge on any atom is 0.407 e. The molecule has 82 valence electrons. The molecule has 1 N–H and O–H groups in total. The number of nitrogens with zero attached hydrogens (tertiary/aromatic N) is 1. The summed E-state index contributed by atoms with van der Waals surface area (Å²) in [4.78, 5) is 11.6. The van der Waals surface area contributed by atoms with Crippen molar-refractivity contribution >= 4 is 17.7 Å². The molecule has 0 aliphatic carbocycles. The van der Waals surface area contributed by atoms with E-state index in [9.17, 15) is 9.18 Å². The highest BCUT2D eigenvalue weighted by atomic mass is 35.5. The first-order valence-electron chi connectivity index (χ1n) is 4.30. The summed E-state index contributed by atoms with van der Waals surface area (Å²) in [7, 11) is 1.40. The third-order valence-electron chi connectivity index (χ3n) is 2.06. The fraction of sp³-hybridized carbons (Fsp3) is 0.300. The first-order chi connectivity index (χ1) is 6.91. The van der Waals surface area contributed by atoms with Crippen LogP contribution >= 0.6 is 11.6 Å². The van der Waals surface area contributed by atoms with Crippen LogP contribution < -0.4 is 0 Å². The minimum atomic E-state index is -1.08. The van der Waals surface area contributed by atoms with Gasteiger partial charge in [-0.15, -0.1) is 0 Å². The summed E-state index contributed by atoms with van der Waals surface area (Å²) in [6, 6.07) is 2.75. The summed E-state index contributed by atoms with van der Waals surface area (Å²) in [6.07, 6.45) is -1.08. The van der Waals surface area contributed by atoms with Crippen molar-refractivity contribution in [3.8, 4) is 0 Å². The van der Waals surface area contributed by atoms with Crippen molar-refractivity contribution < 1.29 is 14.3 Å². The third kappa shape index (κ3) is 2.83. The van der Waals surface area contributed by atoms with Gasteiger partial charge in [0.15, 0.2) is 0 Å². The quantitative estimate of drug-likeness (QED) is 0.850. The van der Waals surface area contributed by atoms with Crippen LogP contribution in [0.25, 0.3) is 0 Å². The van der Waals surface area contributed by atoms with Crippen LogP contribution in [0.5, 0.6) is 0 Å². The zero-order chi connectivity index (χ0) is 11.6. The molecule has 0 radical (unpaired) electrons. The second kappa shape index (κ2) is 4.49. The minimum Gasteiger partial charge on any atom is -0.465 e. The number of hydrogen-bond donors (Lipinski definition) is 1. The molecule has 5 heteroatoms. The number of carbonyl (C=O) groups is 1. The zero-order valence-corrected chi connectivity index (χ0v) is 9.18. The number of halogens is 2. The molecule has 0 fully saturated rings. The Morgan fingerprint density at radius 1 is 1.60 bits per heavy atom. The van der Waals surface area contributed by atoms with E-state index in [1.54, 1.807) is 6.92 Å². The highest BCUT2D eigenvalue weighted by molar-refractivity contribution is 6.31. The van der Waals surface area contributed by atoms with Crippen LogP contribution in [0.2, 0.25) is 5.02 Å². The van der Waals surface area contributed by atoms with E-state index in [1.807, 2.05) is 0 Å². The summed E-state index contributed by atoms with van der Waals surface area (Å²) in [5.41, 5.74) is 0.909. The van der Waals surface area contributed by atoms with E-state index in [0.29, 0.717) is 16.1 Å². The molecule has 0 aliphatic rings. The van der Waals surface area contributed by atoms with Gasteiger partial charge >= 0.3 is 6.09 Å². The molecule has 0 saturated heterocycles. The molecule has 1 aromatic carbocycles. The lowest BCUT2D eigenvalue weighted by atomic mass is 10.1. The molecule has 3 nitrogen and oxygen atoms in total. The van der Waals surface area contributed by atoms with E-state index in [1.165, 1.54) is 19.2 Å². The van der Waals surface area contributed by atoms with Crippen molar-refractivity contribution in [2.75, 3.05) is 7.05 Å². The average Bonchev–Trinajstić information content (AvgIpc) is 2.13. The largest absolute Gasteiger partial charge is 0.465 e. The highest BCUT2D eigenvalue weighted by Crippen LogP contribution is 2.21. The Labute approximate surface area is 92.1 Å². The third-order valence-corrected chi connectivity index (χ3v) is 2.41. The number of hydrogen-bond acceptors (Lipinski definition) is 1. The second-order valence-electron chi connectivity index (χ2n) is 3.33. The molecule has 0 saturated carbocycles. The SMILES string of the molecule is Cc1cc(Cl)c(CN(C)C(=O)O)cc1F. The van der Waals surface area contributed by atoms with Gasteiger partial charge in [-0.25, -0.2) is 9.18 Å². The second-order valence-corrected chi connectivity index (χ2v) is 3.74. The Bertz CT molecular complexity index is 395. The standard InChI is InChI=1S/C10H11ClFNO2/c1-6-3-8(11)7(4-9(6)12)5-13(2)10(14)15/h3-4H,5H2,1-2H3,(H,14,15). The van der Waals surface area contributed by atoms with E-state index >= 15 is 0 Å². The van der Waals surface area contributed by atoms with Gasteiger partial charge in [-0.1, -0.05) is 11.6 Å². The zero-order valence-electron chi connectivity index (χ0n) is 8.42. The molecule has 0 bridgehead atoms. The summed E-state index contributed by atoms with van der Waals surface area (Å²) < 4.78 is 13.2. The van der Waals surface area contributed by atoms with Gasteiger partial charge in [-0.2, -0.15) is 0 Å². The molecular formula is C10H11ClFNO2. The Morgan fingerprint density at radius 3 is 2.73 bits per heavy atom. The van der Waals surface area contributed by atoms with Gasteiger partial charge < -0.3 is 10.0 Å². The molecule has 0 aromatic heterocycles. The summed E-state index contributed by atoms with van der Waals surface area (Å²) in [6.45, 7) is 1.68. The van der Waals surface area contributed by atoms with Crippen molar-refractivity contribution in [3.05, 3.63) is 34.1 Å². The number of amides is 1. The van der Waals surface area contributed by atoms with Crippen LogP contribution in [0.1, 0.15) is 11.1 Å². The van der Waals surface area contributed by atoms with E-state index < -0.39 is 6.09 Å². The van der Waals surface area contributed by atoms with E-state index in [0.717, 1.165) is 4.90 Å². The molecule has 0 atom stereocenters. The maximum absolute atomic E-state index is 13.2. The van der Waals surface area contributed by atoms with Gasteiger partial charge in [-0.3, -0.25) is 0 Å². The highest BCUT2D eigenvalue weighted by Gasteiger charge is 2.11. The number of carboxylic acid groups (broad SMARTS) is 1. The molecule has 1 aromatic rings. The van der Waals surface area contributed by atoms with Crippen LogP contribution in [0.3, 0.4) is 0 Å². The Balaban J connectivity index is 2.95. The summed E-state index contributed by atoms with van der Waals surface area (Å²) >= 11 is 5.86. The van der Waals surface area contributed by atoms with Crippen molar-refractivity contribution in [2.24, 2.45) is 0 Å². The molecule has 0 heterocycles. The van der Waals surface area contributed by atoms with E-state index in [-0.39, 0.29) is 12.4 Å². The molecule has 15 heavy (non-hydrogen) atoms. The average molecular weight is 232 g/mol. The first kappa shape index (κ1) is 11.8. The molecule has 0 spiro atoms. The Hall–Kier alpha value is -1.29. The Kier molecular flexibility index (Phi) is 3.52. The fourth-order valence-electron chi connectivity index (χ4n) is 1.13. The monoisotopic (exact) mass is 231 g/mol. The van der Waals surface area contributed by atoms with Crippen LogP contribution in [0.15, 0.2) is 12.1 Å². The number of rotatable bonds is 2. The summed E-state index contributed by atoms with van der Waals surface area (Å²) in [5.74, 6) is -0.381. The molecular weight excluding hydrogens is 221 g/mol. The Morgan fingerprint density at radius 2 is 2.20 bits per heavy atom. The lowest BCUT2D eigenvalue weighted by Gasteiger charge is -2.14. The van der Waals surface area contributed by atoms with Gasteiger partial charge in [0.05, 0.1) is 6.54 Å². The van der Waals surface area contributed by atoms with Crippen LogP contribution in [0.4, 0.5) is 9.18 Å². The summed E-state index contributed by atoms with van der Waals surface area (Å²) in [5, 5.41) is 9.02. The van der Waals surface area contributed by atoms with Crippen LogP contribution in [-0.2, 0) is 6.54 Å². The number of benzene rings is 1. The van der Waals surface area contributed by atoms with Gasteiger partial charge in [0.2, 0.25) is 0 Å². The predicted octanol–water partition coefficient (Wildman–Crippen LogP) is 2.90. The normalized spacial score (nSPS) is 10.1. The van der Waals surface area contributed by atoms with Crippen LogP contribution in [-0.4, -0.2) is 23.1 Å². The maximum atomic E-state index is 13.2. The lowest BCUT2D eigenvalue weighted by molar-refractivity contribution is 0.153. The molecule has 0 unspecified atom stereocenters. The predicted molar refractivity (Wildman–Crippen MR) is 55.6 cm³/mol. The topological polar surface area (TPSA) is 40.5 Å². The lowest BCUT2D eigenvalue weighted by Crippen LogP contribution is -2.24. The van der Waals surface area contributed by atoms with Crippen molar-refractivity contribution in [2.45, 2.75) is 13.5 Å². The first-order valence-corrected chi connectivity index (χ1v) is 4.68. The molecule has 1 amide bonds. The van der Waals surface area contributed by atoms with E-state index in [4.69, 9.17) is 16.7 Å². The van der Waals surface area contributed by atoms with Gasteiger partial charge in [0.1, 0.15) is 5.82 Å². The van der Waals surface area contributed by atoms with Crippen molar-refractivity contribution in [1.82, 2.24) is 4.90 Å². The van der Waals surface area contributed by atoms with E-state index in [2.05, 4.69) is 0 Å². The van der Waals surface area contributed by atoms with Crippen LogP contribution in [0, 0.1) is 12.7 Å². The number of aryl methyl sites for hydroxylation is 1. The van der Waals surface area contributed by atoms with Gasteiger partial charge in [-0.05, 0) is 30.2 Å².